The van der Waals surface area contributed by atoms with Crippen LogP contribution in [0.15, 0.2) is 28.7 Å². The highest BCUT2D eigenvalue weighted by molar-refractivity contribution is 9.10. The maximum atomic E-state index is 12.0. The van der Waals surface area contributed by atoms with Gasteiger partial charge in [-0.3, -0.25) is 0 Å². The van der Waals surface area contributed by atoms with Crippen LogP contribution in [-0.2, 0) is 4.74 Å². The van der Waals surface area contributed by atoms with Crippen LogP contribution in [0.1, 0.15) is 38.7 Å². The zero-order valence-corrected chi connectivity index (χ0v) is 14.3. The van der Waals surface area contributed by atoms with Gasteiger partial charge in [0.15, 0.2) is 0 Å². The first-order valence-electron chi connectivity index (χ1n) is 7.18. The Morgan fingerprint density at radius 1 is 1.43 bits per heavy atom. The Labute approximate surface area is 134 Å². The number of hydrogen-bond acceptors (Lipinski definition) is 3. The molecule has 2 rings (SSSR count). The summed E-state index contributed by atoms with van der Waals surface area (Å²) in [5, 5.41) is 10.4. The van der Waals surface area contributed by atoms with E-state index in [-0.39, 0.29) is 12.0 Å². The molecule has 0 unspecified atom stereocenters. The molecule has 1 saturated heterocycles. The number of hydrogen-bond donors (Lipinski definition) is 1. The lowest BCUT2D eigenvalue weighted by Crippen LogP contribution is -2.47. The van der Waals surface area contributed by atoms with Crippen molar-refractivity contribution in [1.29, 1.82) is 0 Å². The number of β-amino-alcohol motifs (C(OH)–C–C–N with tert-alkyl or cyclic N) is 1. The minimum absolute atomic E-state index is 0.0567. The van der Waals surface area contributed by atoms with E-state index in [1.54, 1.807) is 4.90 Å². The molecule has 1 N–H and O–H groups in total. The standard InChI is InChI=1S/C16H22BrNO3/c1-16(2,3)21-15(20)18-8-7-13(14(19)10-18)11-5-4-6-12(17)9-11/h4-6,9,13-14,19H,7-8,10H2,1-3H3/t13-,14+/m1/s1. The van der Waals surface area contributed by atoms with Crippen LogP contribution in [0.3, 0.4) is 0 Å². The van der Waals surface area contributed by atoms with Crippen molar-refractivity contribution in [2.24, 2.45) is 0 Å². The zero-order valence-electron chi connectivity index (χ0n) is 12.7. The molecule has 1 amide bonds. The lowest BCUT2D eigenvalue weighted by Gasteiger charge is -2.37. The van der Waals surface area contributed by atoms with Crippen molar-refractivity contribution >= 4 is 22.0 Å². The molecule has 116 valence electrons. The maximum absolute atomic E-state index is 12.0. The SMILES string of the molecule is CC(C)(C)OC(=O)N1CC[C@H](c2cccc(Br)c2)[C@@H](O)C1. The van der Waals surface area contributed by atoms with E-state index >= 15 is 0 Å². The molecule has 0 radical (unpaired) electrons. The van der Waals surface area contributed by atoms with Gasteiger partial charge in [0.05, 0.1) is 12.6 Å². The Bertz CT molecular complexity index is 512. The molecule has 0 spiro atoms. The van der Waals surface area contributed by atoms with Crippen LogP contribution in [0.25, 0.3) is 0 Å². The normalized spacial score (nSPS) is 23.0. The number of piperidine rings is 1. The maximum Gasteiger partial charge on any atom is 0.410 e. The van der Waals surface area contributed by atoms with Gasteiger partial charge in [0.2, 0.25) is 0 Å². The van der Waals surface area contributed by atoms with Crippen molar-refractivity contribution in [3.05, 3.63) is 34.3 Å². The number of carbonyl (C=O) groups excluding carboxylic acids is 1. The van der Waals surface area contributed by atoms with Crippen molar-refractivity contribution in [1.82, 2.24) is 4.90 Å². The van der Waals surface area contributed by atoms with E-state index in [0.717, 1.165) is 16.5 Å². The third-order valence-corrected chi connectivity index (χ3v) is 4.00. The number of aliphatic hydroxyl groups is 1. The molecular formula is C16H22BrNO3. The highest BCUT2D eigenvalue weighted by Crippen LogP contribution is 2.30. The Hall–Kier alpha value is -1.07. The molecule has 1 fully saturated rings. The summed E-state index contributed by atoms with van der Waals surface area (Å²) in [5.74, 6) is 0.0567. The van der Waals surface area contributed by atoms with Crippen molar-refractivity contribution in [2.45, 2.75) is 44.8 Å². The average molecular weight is 356 g/mol. The quantitative estimate of drug-likeness (QED) is 0.838. The molecule has 5 heteroatoms. The first kappa shape index (κ1) is 16.3. The summed E-state index contributed by atoms with van der Waals surface area (Å²) in [5.41, 5.74) is 0.587. The van der Waals surface area contributed by atoms with Gasteiger partial charge in [-0.1, -0.05) is 28.1 Å². The van der Waals surface area contributed by atoms with Crippen LogP contribution >= 0.6 is 15.9 Å². The molecule has 0 aliphatic carbocycles. The Balaban J connectivity index is 2.01. The van der Waals surface area contributed by atoms with E-state index in [2.05, 4.69) is 15.9 Å². The second-order valence-electron chi connectivity index (χ2n) is 6.44. The number of ether oxygens (including phenoxy) is 1. The molecule has 0 aromatic heterocycles. The summed E-state index contributed by atoms with van der Waals surface area (Å²) in [7, 11) is 0. The second-order valence-corrected chi connectivity index (χ2v) is 7.36. The molecule has 1 aromatic rings. The first-order chi connectivity index (χ1) is 9.76. The number of carbonyl (C=O) groups is 1. The Morgan fingerprint density at radius 3 is 2.71 bits per heavy atom. The minimum Gasteiger partial charge on any atom is -0.444 e. The number of halogens is 1. The first-order valence-corrected chi connectivity index (χ1v) is 7.97. The van der Waals surface area contributed by atoms with Gasteiger partial charge >= 0.3 is 6.09 Å². The van der Waals surface area contributed by atoms with Gasteiger partial charge in [-0.25, -0.2) is 4.79 Å². The predicted octanol–water partition coefficient (Wildman–Crippen LogP) is 3.53. The highest BCUT2D eigenvalue weighted by Gasteiger charge is 2.33. The van der Waals surface area contributed by atoms with Crippen LogP contribution in [0.4, 0.5) is 4.79 Å². The number of rotatable bonds is 1. The van der Waals surface area contributed by atoms with Crippen LogP contribution in [0.2, 0.25) is 0 Å². The van der Waals surface area contributed by atoms with Crippen molar-refractivity contribution < 1.29 is 14.6 Å². The highest BCUT2D eigenvalue weighted by atomic mass is 79.9. The van der Waals surface area contributed by atoms with Crippen LogP contribution in [-0.4, -0.2) is 40.9 Å². The van der Waals surface area contributed by atoms with Gasteiger partial charge in [0, 0.05) is 16.9 Å². The number of nitrogens with zero attached hydrogens (tertiary/aromatic N) is 1. The number of likely N-dealkylation sites (tertiary alicyclic amines) is 1. The van der Waals surface area contributed by atoms with E-state index < -0.39 is 11.7 Å². The van der Waals surface area contributed by atoms with Gasteiger partial charge in [-0.2, -0.15) is 0 Å². The molecule has 1 aliphatic heterocycles. The van der Waals surface area contributed by atoms with E-state index in [9.17, 15) is 9.90 Å². The van der Waals surface area contributed by atoms with Crippen molar-refractivity contribution in [2.75, 3.05) is 13.1 Å². The van der Waals surface area contributed by atoms with E-state index in [1.165, 1.54) is 0 Å². The fourth-order valence-corrected chi connectivity index (χ4v) is 2.97. The zero-order chi connectivity index (χ0) is 15.6. The third-order valence-electron chi connectivity index (χ3n) is 3.51. The minimum atomic E-state index is -0.569. The number of amides is 1. The Kier molecular flexibility index (Phi) is 4.94. The number of aliphatic hydroxyl groups excluding tert-OH is 1. The van der Waals surface area contributed by atoms with Gasteiger partial charge in [0.25, 0.3) is 0 Å². The van der Waals surface area contributed by atoms with E-state index in [0.29, 0.717) is 13.1 Å². The van der Waals surface area contributed by atoms with Gasteiger partial charge in [-0.15, -0.1) is 0 Å². The average Bonchev–Trinajstić information content (AvgIpc) is 2.36. The molecule has 1 aliphatic rings. The fraction of sp³-hybridized carbons (Fsp3) is 0.562. The van der Waals surface area contributed by atoms with Crippen LogP contribution < -0.4 is 0 Å². The summed E-state index contributed by atoms with van der Waals surface area (Å²) in [6.07, 6.45) is -0.188. The molecule has 2 atom stereocenters. The lowest BCUT2D eigenvalue weighted by atomic mass is 9.87. The van der Waals surface area contributed by atoms with Crippen LogP contribution in [0.5, 0.6) is 0 Å². The number of benzene rings is 1. The van der Waals surface area contributed by atoms with Crippen molar-refractivity contribution in [3.63, 3.8) is 0 Å². The van der Waals surface area contributed by atoms with Crippen molar-refractivity contribution in [3.8, 4) is 0 Å². The molecule has 4 nitrogen and oxygen atoms in total. The Morgan fingerprint density at radius 2 is 2.14 bits per heavy atom. The van der Waals surface area contributed by atoms with Gasteiger partial charge < -0.3 is 14.7 Å². The van der Waals surface area contributed by atoms with E-state index in [4.69, 9.17) is 4.74 Å². The lowest BCUT2D eigenvalue weighted by molar-refractivity contribution is -0.00152. The molecule has 1 heterocycles. The summed E-state index contributed by atoms with van der Waals surface area (Å²) in [4.78, 5) is 13.6. The smallest absolute Gasteiger partial charge is 0.410 e. The molecular weight excluding hydrogens is 334 g/mol. The summed E-state index contributed by atoms with van der Waals surface area (Å²) >= 11 is 3.45. The van der Waals surface area contributed by atoms with Gasteiger partial charge in [0.1, 0.15) is 5.60 Å². The summed E-state index contributed by atoms with van der Waals surface area (Å²) in [6, 6.07) is 7.97. The van der Waals surface area contributed by atoms with Crippen LogP contribution in [0, 0.1) is 0 Å². The molecule has 0 saturated carbocycles. The summed E-state index contributed by atoms with van der Waals surface area (Å²) < 4.78 is 6.36. The van der Waals surface area contributed by atoms with Gasteiger partial charge in [-0.05, 0) is 44.9 Å². The molecule has 0 bridgehead atoms. The topological polar surface area (TPSA) is 49.8 Å². The molecule has 1 aromatic carbocycles. The predicted molar refractivity (Wildman–Crippen MR) is 85.3 cm³/mol. The summed E-state index contributed by atoms with van der Waals surface area (Å²) in [6.45, 7) is 6.44. The molecule has 21 heavy (non-hydrogen) atoms. The third kappa shape index (κ3) is 4.45. The fourth-order valence-electron chi connectivity index (χ4n) is 2.55. The monoisotopic (exact) mass is 355 g/mol. The second kappa shape index (κ2) is 6.36. The van der Waals surface area contributed by atoms with E-state index in [1.807, 2.05) is 45.0 Å². The largest absolute Gasteiger partial charge is 0.444 e.